The average Bonchev–Trinajstić information content (AvgIpc) is 3.26. The molecule has 0 aliphatic carbocycles. The summed E-state index contributed by atoms with van der Waals surface area (Å²) in [5, 5.41) is 6.68. The second-order valence-corrected chi connectivity index (χ2v) is 6.43. The average molecular weight is 505 g/mol. The van der Waals surface area contributed by atoms with E-state index >= 15 is 0 Å². The number of benzene rings is 2. The summed E-state index contributed by atoms with van der Waals surface area (Å²) in [5.74, 6) is 1.73. The van der Waals surface area contributed by atoms with Crippen LogP contribution in [0.2, 0.25) is 0 Å². The third-order valence-electron chi connectivity index (χ3n) is 4.40. The fourth-order valence-electron chi connectivity index (χ4n) is 2.88. The number of furan rings is 1. The number of hydrogen-bond acceptors (Lipinski definition) is 3. The lowest BCUT2D eigenvalue weighted by molar-refractivity contribution is 0.106. The predicted molar refractivity (Wildman–Crippen MR) is 127 cm³/mol. The lowest BCUT2D eigenvalue weighted by Crippen LogP contribution is -2.38. The Morgan fingerprint density at radius 2 is 1.66 bits per heavy atom. The van der Waals surface area contributed by atoms with E-state index in [9.17, 15) is 0 Å². The van der Waals surface area contributed by atoms with E-state index in [2.05, 4.69) is 39.9 Å². The van der Waals surface area contributed by atoms with Gasteiger partial charge in [-0.2, -0.15) is 0 Å². The summed E-state index contributed by atoms with van der Waals surface area (Å²) in [6.07, 6.45) is 2.51. The van der Waals surface area contributed by atoms with Crippen LogP contribution in [0.3, 0.4) is 0 Å². The molecule has 0 aliphatic rings. The minimum atomic E-state index is 0. The first-order valence-corrected chi connectivity index (χ1v) is 9.50. The number of nitrogens with zero attached hydrogens (tertiary/aromatic N) is 1. The summed E-state index contributed by atoms with van der Waals surface area (Å²) in [7, 11) is 1.77. The van der Waals surface area contributed by atoms with Gasteiger partial charge >= 0.3 is 0 Å². The maximum atomic E-state index is 5.90. The van der Waals surface area contributed by atoms with E-state index < -0.39 is 0 Å². The highest BCUT2D eigenvalue weighted by molar-refractivity contribution is 14.0. The van der Waals surface area contributed by atoms with Crippen LogP contribution in [-0.2, 0) is 30.9 Å². The topological polar surface area (TPSA) is 58.8 Å². The van der Waals surface area contributed by atoms with Crippen molar-refractivity contribution in [1.29, 1.82) is 0 Å². The van der Waals surface area contributed by atoms with E-state index in [1.165, 1.54) is 16.7 Å². The van der Waals surface area contributed by atoms with Crippen molar-refractivity contribution in [2.24, 2.45) is 4.99 Å². The van der Waals surface area contributed by atoms with Crippen molar-refractivity contribution in [1.82, 2.24) is 10.6 Å². The highest BCUT2D eigenvalue weighted by atomic mass is 127. The molecular weight excluding hydrogens is 477 g/mol. The number of rotatable bonds is 9. The Hall–Kier alpha value is -2.32. The molecule has 0 saturated heterocycles. The fraction of sp³-hybridized carbons (Fsp3) is 0.261. The van der Waals surface area contributed by atoms with Crippen LogP contribution in [-0.4, -0.2) is 19.6 Å². The van der Waals surface area contributed by atoms with Crippen LogP contribution in [0.5, 0.6) is 0 Å². The van der Waals surface area contributed by atoms with E-state index in [0.717, 1.165) is 24.7 Å². The molecule has 0 bridgehead atoms. The summed E-state index contributed by atoms with van der Waals surface area (Å²) in [6, 6.07) is 22.4. The summed E-state index contributed by atoms with van der Waals surface area (Å²) in [6.45, 7) is 2.64. The largest absolute Gasteiger partial charge is 0.469 e. The molecule has 0 aliphatic heterocycles. The molecule has 0 amide bonds. The quantitative estimate of drug-likeness (QED) is 0.255. The lowest BCUT2D eigenvalue weighted by Gasteiger charge is -2.14. The molecular formula is C23H28IN3O2. The molecule has 154 valence electrons. The van der Waals surface area contributed by atoms with Crippen molar-refractivity contribution >= 4 is 29.9 Å². The summed E-state index contributed by atoms with van der Waals surface area (Å²) in [5.41, 5.74) is 3.56. The molecule has 0 atom stereocenters. The standard InChI is InChI=1S/C23H27N3O2.HI/c1-24-23(25-14-13-22-12-7-15-28-22)26-16-20-10-5-6-11-21(20)18-27-17-19-8-3-2-4-9-19;/h2-12,15H,13-14,16-18H2,1H3,(H2,24,25,26);1H. The molecule has 5 nitrogen and oxygen atoms in total. The Balaban J connectivity index is 0.00000300. The van der Waals surface area contributed by atoms with Crippen LogP contribution in [0, 0.1) is 0 Å². The van der Waals surface area contributed by atoms with Gasteiger partial charge in [-0.15, -0.1) is 24.0 Å². The van der Waals surface area contributed by atoms with Gasteiger partial charge in [0.2, 0.25) is 0 Å². The SMILES string of the molecule is CN=C(NCCc1ccco1)NCc1ccccc1COCc1ccccc1.I. The molecule has 0 spiro atoms. The first-order chi connectivity index (χ1) is 13.8. The Kier molecular flexibility index (Phi) is 10.3. The van der Waals surface area contributed by atoms with Crippen molar-refractivity contribution in [3.05, 3.63) is 95.4 Å². The predicted octanol–water partition coefficient (Wildman–Crippen LogP) is 4.52. The van der Waals surface area contributed by atoms with Gasteiger partial charge in [0.25, 0.3) is 0 Å². The maximum absolute atomic E-state index is 5.90. The van der Waals surface area contributed by atoms with E-state index in [1.54, 1.807) is 13.3 Å². The molecule has 29 heavy (non-hydrogen) atoms. The molecule has 0 fully saturated rings. The zero-order valence-electron chi connectivity index (χ0n) is 16.6. The van der Waals surface area contributed by atoms with Crippen LogP contribution in [0.4, 0.5) is 0 Å². The number of hydrogen-bond donors (Lipinski definition) is 2. The summed E-state index contributed by atoms with van der Waals surface area (Å²) >= 11 is 0. The van der Waals surface area contributed by atoms with Gasteiger partial charge in [-0.25, -0.2) is 0 Å². The normalized spacial score (nSPS) is 11.0. The number of ether oxygens (including phenoxy) is 1. The smallest absolute Gasteiger partial charge is 0.191 e. The van der Waals surface area contributed by atoms with Crippen molar-refractivity contribution in [2.75, 3.05) is 13.6 Å². The number of nitrogens with one attached hydrogen (secondary N) is 2. The summed E-state index contributed by atoms with van der Waals surface area (Å²) < 4.78 is 11.3. The first-order valence-electron chi connectivity index (χ1n) is 9.50. The van der Waals surface area contributed by atoms with Gasteiger partial charge in [0.15, 0.2) is 5.96 Å². The van der Waals surface area contributed by atoms with Crippen LogP contribution >= 0.6 is 24.0 Å². The molecule has 3 aromatic rings. The van der Waals surface area contributed by atoms with Crippen molar-refractivity contribution in [3.63, 3.8) is 0 Å². The van der Waals surface area contributed by atoms with Gasteiger partial charge in [0.05, 0.1) is 19.5 Å². The van der Waals surface area contributed by atoms with Gasteiger partial charge in [0.1, 0.15) is 5.76 Å². The maximum Gasteiger partial charge on any atom is 0.191 e. The van der Waals surface area contributed by atoms with Gasteiger partial charge in [0, 0.05) is 26.6 Å². The molecule has 0 saturated carbocycles. The van der Waals surface area contributed by atoms with Crippen molar-refractivity contribution in [3.8, 4) is 0 Å². The third-order valence-corrected chi connectivity index (χ3v) is 4.40. The van der Waals surface area contributed by atoms with Gasteiger partial charge in [-0.3, -0.25) is 4.99 Å². The zero-order chi connectivity index (χ0) is 19.4. The highest BCUT2D eigenvalue weighted by Gasteiger charge is 2.05. The molecule has 1 heterocycles. The minimum absolute atomic E-state index is 0. The second kappa shape index (κ2) is 13.0. The molecule has 2 N–H and O–H groups in total. The molecule has 2 aromatic carbocycles. The monoisotopic (exact) mass is 505 g/mol. The van der Waals surface area contributed by atoms with E-state index in [0.29, 0.717) is 19.8 Å². The van der Waals surface area contributed by atoms with Crippen molar-refractivity contribution < 1.29 is 9.15 Å². The van der Waals surface area contributed by atoms with Crippen molar-refractivity contribution in [2.45, 2.75) is 26.2 Å². The highest BCUT2D eigenvalue weighted by Crippen LogP contribution is 2.11. The Morgan fingerprint density at radius 1 is 0.897 bits per heavy atom. The zero-order valence-corrected chi connectivity index (χ0v) is 19.0. The van der Waals surface area contributed by atoms with Gasteiger partial charge in [-0.1, -0.05) is 54.6 Å². The van der Waals surface area contributed by atoms with Crippen LogP contribution in [0.25, 0.3) is 0 Å². The number of aliphatic imine (C=N–C) groups is 1. The van der Waals surface area contributed by atoms with Gasteiger partial charge < -0.3 is 19.8 Å². The fourth-order valence-corrected chi connectivity index (χ4v) is 2.88. The van der Waals surface area contributed by atoms with Crippen LogP contribution in [0.15, 0.2) is 82.4 Å². The Bertz CT molecular complexity index is 852. The molecule has 3 rings (SSSR count). The lowest BCUT2D eigenvalue weighted by atomic mass is 10.1. The number of guanidine groups is 1. The molecule has 1 aromatic heterocycles. The second-order valence-electron chi connectivity index (χ2n) is 6.43. The summed E-state index contributed by atoms with van der Waals surface area (Å²) in [4.78, 5) is 4.29. The van der Waals surface area contributed by atoms with Crippen LogP contribution in [0.1, 0.15) is 22.5 Å². The van der Waals surface area contributed by atoms with Gasteiger partial charge in [-0.05, 0) is 28.8 Å². The molecule has 0 unspecified atom stereocenters. The molecule has 0 radical (unpaired) electrons. The Labute approximate surface area is 189 Å². The van der Waals surface area contributed by atoms with Crippen LogP contribution < -0.4 is 10.6 Å². The first kappa shape index (κ1) is 23.0. The molecule has 6 heteroatoms. The minimum Gasteiger partial charge on any atom is -0.469 e. The third kappa shape index (κ3) is 7.91. The van der Waals surface area contributed by atoms with E-state index in [-0.39, 0.29) is 24.0 Å². The van der Waals surface area contributed by atoms with E-state index in [1.807, 2.05) is 42.5 Å². The Morgan fingerprint density at radius 3 is 2.38 bits per heavy atom. The number of halogens is 1. The van der Waals surface area contributed by atoms with E-state index in [4.69, 9.17) is 9.15 Å².